The van der Waals surface area contributed by atoms with E-state index in [4.69, 9.17) is 4.42 Å². The summed E-state index contributed by atoms with van der Waals surface area (Å²) in [5, 5.41) is 8.42. The molecular formula is C56H37NO. The quantitative estimate of drug-likeness (QED) is 0.162. The van der Waals surface area contributed by atoms with E-state index in [2.05, 4.69) is 211 Å². The van der Waals surface area contributed by atoms with Gasteiger partial charge in [0.25, 0.3) is 0 Å². The molecule has 0 aliphatic carbocycles. The maximum Gasteiger partial charge on any atom is 0.135 e. The molecule has 11 aromatic rings. The van der Waals surface area contributed by atoms with Gasteiger partial charge in [-0.1, -0.05) is 176 Å². The second-order valence-corrected chi connectivity index (χ2v) is 14.9. The van der Waals surface area contributed by atoms with Crippen LogP contribution < -0.4 is 4.90 Å². The fourth-order valence-corrected chi connectivity index (χ4v) is 8.56. The Bertz CT molecular complexity index is 3240. The average molecular weight is 740 g/mol. The van der Waals surface area contributed by atoms with Gasteiger partial charge in [0.15, 0.2) is 0 Å². The molecule has 0 saturated carbocycles. The van der Waals surface area contributed by atoms with E-state index in [9.17, 15) is 0 Å². The van der Waals surface area contributed by atoms with Crippen LogP contribution >= 0.6 is 0 Å². The molecule has 0 radical (unpaired) electrons. The molecule has 0 aliphatic heterocycles. The summed E-state index contributed by atoms with van der Waals surface area (Å²) in [6.45, 7) is 0. The monoisotopic (exact) mass is 739 g/mol. The van der Waals surface area contributed by atoms with Gasteiger partial charge < -0.3 is 9.32 Å². The standard InChI is InChI=1S/C56H37NO/c1-2-13-43-36-48(32-29-38(43)11-1)57(47-30-27-40(28-31-47)39-23-25-42(26-24-39)50-21-10-15-41-12-3-5-18-49(41)50)54-34-33-51(52-19-6-7-20-53(52)54)44-16-9-17-45(35-44)56-37-46-14-4-8-22-55(46)58-56/h1-37H. The number of hydrogen-bond donors (Lipinski definition) is 0. The van der Waals surface area contributed by atoms with Crippen molar-refractivity contribution >= 4 is 60.3 Å². The number of anilines is 3. The van der Waals surface area contributed by atoms with Crippen molar-refractivity contribution < 1.29 is 4.42 Å². The molecule has 2 heteroatoms. The maximum absolute atomic E-state index is 6.28. The number of benzene rings is 10. The van der Waals surface area contributed by atoms with Crippen LogP contribution in [0.5, 0.6) is 0 Å². The molecule has 0 aliphatic rings. The third kappa shape index (κ3) is 6.00. The maximum atomic E-state index is 6.28. The van der Waals surface area contributed by atoms with E-state index >= 15 is 0 Å². The lowest BCUT2D eigenvalue weighted by Crippen LogP contribution is -2.10. The van der Waals surface area contributed by atoms with E-state index in [1.54, 1.807) is 0 Å². The van der Waals surface area contributed by atoms with Crippen molar-refractivity contribution in [3.05, 3.63) is 224 Å². The number of nitrogens with zero attached hydrogens (tertiary/aromatic N) is 1. The highest BCUT2D eigenvalue weighted by atomic mass is 16.3. The van der Waals surface area contributed by atoms with E-state index in [1.807, 2.05) is 18.2 Å². The van der Waals surface area contributed by atoms with E-state index < -0.39 is 0 Å². The van der Waals surface area contributed by atoms with Crippen LogP contribution in [0.25, 0.3) is 88.0 Å². The molecule has 2 nitrogen and oxygen atoms in total. The van der Waals surface area contributed by atoms with Gasteiger partial charge in [0.05, 0.1) is 5.69 Å². The molecule has 10 aromatic carbocycles. The van der Waals surface area contributed by atoms with Gasteiger partial charge in [0, 0.05) is 27.7 Å². The van der Waals surface area contributed by atoms with E-state index in [-0.39, 0.29) is 0 Å². The Balaban J connectivity index is 0.993. The van der Waals surface area contributed by atoms with Gasteiger partial charge in [-0.3, -0.25) is 0 Å². The lowest BCUT2D eigenvalue weighted by molar-refractivity contribution is 0.631. The summed E-state index contributed by atoms with van der Waals surface area (Å²) in [5.74, 6) is 0.871. The molecule has 272 valence electrons. The van der Waals surface area contributed by atoms with E-state index in [1.165, 1.54) is 60.1 Å². The zero-order valence-electron chi connectivity index (χ0n) is 31.7. The predicted molar refractivity (Wildman–Crippen MR) is 245 cm³/mol. The molecule has 0 spiro atoms. The number of hydrogen-bond acceptors (Lipinski definition) is 2. The Morgan fingerprint density at radius 2 is 0.879 bits per heavy atom. The Morgan fingerprint density at radius 1 is 0.293 bits per heavy atom. The van der Waals surface area contributed by atoms with Gasteiger partial charge in [0.1, 0.15) is 11.3 Å². The summed E-state index contributed by atoms with van der Waals surface area (Å²) in [5.41, 5.74) is 12.4. The minimum Gasteiger partial charge on any atom is -0.456 e. The first kappa shape index (κ1) is 33.6. The molecule has 0 saturated heterocycles. The van der Waals surface area contributed by atoms with Crippen molar-refractivity contribution in [3.63, 3.8) is 0 Å². The number of rotatable bonds is 7. The normalized spacial score (nSPS) is 11.4. The molecule has 11 rings (SSSR count). The minimum absolute atomic E-state index is 0.871. The third-order valence-corrected chi connectivity index (χ3v) is 11.5. The largest absolute Gasteiger partial charge is 0.456 e. The van der Waals surface area contributed by atoms with Gasteiger partial charge >= 0.3 is 0 Å². The van der Waals surface area contributed by atoms with Crippen LogP contribution in [0, 0.1) is 0 Å². The average Bonchev–Trinajstić information content (AvgIpc) is 3.74. The molecule has 0 amide bonds. The van der Waals surface area contributed by atoms with Gasteiger partial charge in [0.2, 0.25) is 0 Å². The summed E-state index contributed by atoms with van der Waals surface area (Å²) < 4.78 is 6.28. The highest BCUT2D eigenvalue weighted by Gasteiger charge is 2.19. The summed E-state index contributed by atoms with van der Waals surface area (Å²) >= 11 is 0. The smallest absolute Gasteiger partial charge is 0.135 e. The van der Waals surface area contributed by atoms with Crippen molar-refractivity contribution in [2.75, 3.05) is 4.90 Å². The predicted octanol–water partition coefficient (Wildman–Crippen LogP) is 16.0. The summed E-state index contributed by atoms with van der Waals surface area (Å²) in [6.07, 6.45) is 0. The SMILES string of the molecule is c1cc(-c2cc3ccccc3o2)cc(-c2ccc(N(c3ccc(-c4ccc(-c5cccc6ccccc56)cc4)cc3)c3ccc4ccccc4c3)c3ccccc23)c1. The van der Waals surface area contributed by atoms with Crippen molar-refractivity contribution in [3.8, 4) is 44.7 Å². The minimum atomic E-state index is 0.871. The highest BCUT2D eigenvalue weighted by Crippen LogP contribution is 2.44. The van der Waals surface area contributed by atoms with E-state index in [0.717, 1.165) is 44.9 Å². The Labute approximate surface area is 337 Å². The van der Waals surface area contributed by atoms with Gasteiger partial charge in [-0.25, -0.2) is 0 Å². The Hall–Kier alpha value is -7.68. The second kappa shape index (κ2) is 14.1. The van der Waals surface area contributed by atoms with E-state index in [0.29, 0.717) is 0 Å². The zero-order chi connectivity index (χ0) is 38.4. The Kier molecular flexibility index (Phi) is 8.19. The highest BCUT2D eigenvalue weighted by molar-refractivity contribution is 6.07. The van der Waals surface area contributed by atoms with Crippen LogP contribution in [0.15, 0.2) is 229 Å². The first-order valence-electron chi connectivity index (χ1n) is 19.8. The lowest BCUT2D eigenvalue weighted by Gasteiger charge is -2.28. The molecule has 58 heavy (non-hydrogen) atoms. The molecule has 1 aromatic heterocycles. The fraction of sp³-hybridized carbons (Fsp3) is 0. The van der Waals surface area contributed by atoms with Gasteiger partial charge in [-0.05, 0) is 109 Å². The summed E-state index contributed by atoms with van der Waals surface area (Å²) in [7, 11) is 0. The lowest BCUT2D eigenvalue weighted by atomic mass is 9.94. The molecule has 0 unspecified atom stereocenters. The van der Waals surface area contributed by atoms with Gasteiger partial charge in [-0.2, -0.15) is 0 Å². The van der Waals surface area contributed by atoms with Crippen molar-refractivity contribution in [1.82, 2.24) is 0 Å². The molecule has 0 atom stereocenters. The molecule has 1 heterocycles. The van der Waals surface area contributed by atoms with Crippen LogP contribution in [0.2, 0.25) is 0 Å². The van der Waals surface area contributed by atoms with Crippen molar-refractivity contribution in [2.45, 2.75) is 0 Å². The zero-order valence-corrected chi connectivity index (χ0v) is 31.7. The van der Waals surface area contributed by atoms with Crippen molar-refractivity contribution in [1.29, 1.82) is 0 Å². The number of para-hydroxylation sites is 1. The van der Waals surface area contributed by atoms with Crippen LogP contribution in [0.1, 0.15) is 0 Å². The topological polar surface area (TPSA) is 16.4 Å². The first-order valence-corrected chi connectivity index (χ1v) is 19.8. The fourth-order valence-electron chi connectivity index (χ4n) is 8.56. The first-order chi connectivity index (χ1) is 28.7. The summed E-state index contributed by atoms with van der Waals surface area (Å²) in [6, 6.07) is 80.8. The number of furan rings is 1. The molecule has 0 fully saturated rings. The molecule has 0 N–H and O–H groups in total. The molecule has 0 bridgehead atoms. The Morgan fingerprint density at radius 3 is 1.69 bits per heavy atom. The van der Waals surface area contributed by atoms with Crippen LogP contribution in [0.3, 0.4) is 0 Å². The van der Waals surface area contributed by atoms with Gasteiger partial charge in [-0.15, -0.1) is 0 Å². The number of fused-ring (bicyclic) bond motifs is 4. The van der Waals surface area contributed by atoms with Crippen LogP contribution in [0.4, 0.5) is 17.1 Å². The van der Waals surface area contributed by atoms with Crippen molar-refractivity contribution in [2.24, 2.45) is 0 Å². The van der Waals surface area contributed by atoms with Crippen LogP contribution in [-0.2, 0) is 0 Å². The van der Waals surface area contributed by atoms with Crippen LogP contribution in [-0.4, -0.2) is 0 Å². The second-order valence-electron chi connectivity index (χ2n) is 14.9. The third-order valence-electron chi connectivity index (χ3n) is 11.5. The summed E-state index contributed by atoms with van der Waals surface area (Å²) in [4.78, 5) is 2.40. The molecular weight excluding hydrogens is 703 g/mol.